The first-order chi connectivity index (χ1) is 9.66. The van der Waals surface area contributed by atoms with Gasteiger partial charge in [0.05, 0.1) is 18.4 Å². The van der Waals surface area contributed by atoms with Gasteiger partial charge < -0.3 is 15.2 Å². The molecule has 1 amide bonds. The summed E-state index contributed by atoms with van der Waals surface area (Å²) < 4.78 is 5.56. The fourth-order valence-corrected chi connectivity index (χ4v) is 3.22. The first kappa shape index (κ1) is 15.3. The molecule has 2 aliphatic rings. The molecule has 2 fully saturated rings. The van der Waals surface area contributed by atoms with E-state index in [1.165, 1.54) is 0 Å². The zero-order valence-electron chi connectivity index (χ0n) is 12.0. The monoisotopic (exact) mass is 283 g/mol. The van der Waals surface area contributed by atoms with Gasteiger partial charge in [-0.05, 0) is 32.1 Å². The summed E-state index contributed by atoms with van der Waals surface area (Å²) in [4.78, 5) is 23.4. The van der Waals surface area contributed by atoms with Crippen molar-refractivity contribution in [1.29, 1.82) is 0 Å². The van der Waals surface area contributed by atoms with E-state index in [0.29, 0.717) is 12.8 Å². The smallest absolute Gasteiger partial charge is 0.308 e. The van der Waals surface area contributed by atoms with Crippen LogP contribution >= 0.6 is 0 Å². The third-order valence-electron chi connectivity index (χ3n) is 4.37. The molecule has 0 aromatic heterocycles. The van der Waals surface area contributed by atoms with Gasteiger partial charge in [-0.15, -0.1) is 0 Å². The molecule has 0 bridgehead atoms. The number of carboxylic acids is 1. The minimum atomic E-state index is -0.786. The van der Waals surface area contributed by atoms with Crippen molar-refractivity contribution in [3.63, 3.8) is 0 Å². The molecule has 3 atom stereocenters. The lowest BCUT2D eigenvalue weighted by molar-refractivity contribution is -0.143. The summed E-state index contributed by atoms with van der Waals surface area (Å²) in [6, 6.07) is -0.217. The van der Waals surface area contributed by atoms with Gasteiger partial charge in [0.15, 0.2) is 0 Å². The van der Waals surface area contributed by atoms with E-state index < -0.39 is 11.9 Å². The second-order valence-electron chi connectivity index (χ2n) is 5.95. The van der Waals surface area contributed by atoms with Crippen molar-refractivity contribution >= 4 is 11.9 Å². The zero-order chi connectivity index (χ0) is 14.4. The first-order valence-corrected chi connectivity index (χ1v) is 7.80. The molecule has 1 heterocycles. The average molecular weight is 283 g/mol. The molecule has 5 nitrogen and oxygen atoms in total. The SMILES string of the molecule is O=C(CC1CCCCO1)NC1CCCCCC1C(=O)O. The number of carboxylic acid groups (broad SMARTS) is 1. The summed E-state index contributed by atoms with van der Waals surface area (Å²) in [5, 5.41) is 12.2. The second-order valence-corrected chi connectivity index (χ2v) is 5.95. The van der Waals surface area contributed by atoms with Crippen LogP contribution in [0.2, 0.25) is 0 Å². The molecule has 5 heteroatoms. The maximum absolute atomic E-state index is 12.1. The van der Waals surface area contributed by atoms with Crippen molar-refractivity contribution in [3.8, 4) is 0 Å². The fraction of sp³-hybridized carbons (Fsp3) is 0.867. The van der Waals surface area contributed by atoms with Gasteiger partial charge in [-0.2, -0.15) is 0 Å². The number of rotatable bonds is 4. The molecule has 1 aliphatic heterocycles. The Balaban J connectivity index is 1.85. The standard InChI is InChI=1S/C15H25NO4/c17-14(10-11-6-4-5-9-20-11)16-13-8-3-1-2-7-12(13)15(18)19/h11-13H,1-10H2,(H,16,17)(H,18,19). The van der Waals surface area contributed by atoms with Crippen LogP contribution in [0.3, 0.4) is 0 Å². The van der Waals surface area contributed by atoms with Crippen LogP contribution in [-0.2, 0) is 14.3 Å². The fourth-order valence-electron chi connectivity index (χ4n) is 3.22. The van der Waals surface area contributed by atoms with Gasteiger partial charge in [-0.25, -0.2) is 0 Å². The highest BCUT2D eigenvalue weighted by Crippen LogP contribution is 2.24. The zero-order valence-corrected chi connectivity index (χ0v) is 12.0. The summed E-state index contributed by atoms with van der Waals surface area (Å²) >= 11 is 0. The largest absolute Gasteiger partial charge is 0.481 e. The molecule has 2 N–H and O–H groups in total. The van der Waals surface area contributed by atoms with Crippen LogP contribution in [-0.4, -0.2) is 35.7 Å². The maximum atomic E-state index is 12.1. The Morgan fingerprint density at radius 2 is 1.80 bits per heavy atom. The highest BCUT2D eigenvalue weighted by molar-refractivity contribution is 5.78. The summed E-state index contributed by atoms with van der Waals surface area (Å²) in [7, 11) is 0. The average Bonchev–Trinajstić information content (AvgIpc) is 2.65. The van der Waals surface area contributed by atoms with Gasteiger partial charge in [0, 0.05) is 12.6 Å². The van der Waals surface area contributed by atoms with Gasteiger partial charge in [0.2, 0.25) is 5.91 Å². The number of ether oxygens (including phenoxy) is 1. The molecule has 1 saturated carbocycles. The van der Waals surface area contributed by atoms with Crippen LogP contribution in [0, 0.1) is 5.92 Å². The molecule has 20 heavy (non-hydrogen) atoms. The van der Waals surface area contributed by atoms with Crippen LogP contribution in [0.15, 0.2) is 0 Å². The van der Waals surface area contributed by atoms with Crippen molar-refractivity contribution in [1.82, 2.24) is 5.32 Å². The van der Waals surface area contributed by atoms with E-state index >= 15 is 0 Å². The van der Waals surface area contributed by atoms with E-state index in [1.54, 1.807) is 0 Å². The minimum Gasteiger partial charge on any atom is -0.481 e. The Bertz CT molecular complexity index is 339. The van der Waals surface area contributed by atoms with Crippen molar-refractivity contribution in [2.24, 2.45) is 5.92 Å². The Morgan fingerprint density at radius 1 is 1.05 bits per heavy atom. The molecule has 0 radical (unpaired) electrons. The number of amides is 1. The summed E-state index contributed by atoms with van der Waals surface area (Å²) in [6.45, 7) is 0.735. The topological polar surface area (TPSA) is 75.6 Å². The molecule has 114 valence electrons. The quantitative estimate of drug-likeness (QED) is 0.775. The van der Waals surface area contributed by atoms with E-state index in [1.807, 2.05) is 0 Å². The number of hydrogen-bond donors (Lipinski definition) is 2. The van der Waals surface area contributed by atoms with E-state index in [0.717, 1.165) is 51.6 Å². The Kier molecular flexibility index (Phi) is 5.83. The molecule has 0 spiro atoms. The van der Waals surface area contributed by atoms with Gasteiger partial charge in [0.25, 0.3) is 0 Å². The van der Waals surface area contributed by atoms with Crippen LogP contribution < -0.4 is 5.32 Å². The predicted molar refractivity (Wildman–Crippen MR) is 74.3 cm³/mol. The highest BCUT2D eigenvalue weighted by atomic mass is 16.5. The number of carbonyl (C=O) groups excluding carboxylic acids is 1. The Morgan fingerprint density at radius 3 is 2.50 bits per heavy atom. The Labute approximate surface area is 120 Å². The number of hydrogen-bond acceptors (Lipinski definition) is 3. The number of nitrogens with one attached hydrogen (secondary N) is 1. The number of carbonyl (C=O) groups is 2. The summed E-state index contributed by atoms with van der Waals surface area (Å²) in [6.07, 6.45) is 7.92. The van der Waals surface area contributed by atoms with Crippen molar-refractivity contribution in [2.45, 2.75) is 69.9 Å². The molecule has 1 aliphatic carbocycles. The van der Waals surface area contributed by atoms with Crippen LogP contribution in [0.25, 0.3) is 0 Å². The lowest BCUT2D eigenvalue weighted by Crippen LogP contribution is -2.44. The Hall–Kier alpha value is -1.10. The van der Waals surface area contributed by atoms with Gasteiger partial charge in [-0.1, -0.05) is 19.3 Å². The predicted octanol–water partition coefficient (Wildman–Crippen LogP) is 2.10. The van der Waals surface area contributed by atoms with Gasteiger partial charge in [-0.3, -0.25) is 9.59 Å². The molecular weight excluding hydrogens is 258 g/mol. The third kappa shape index (κ3) is 4.47. The van der Waals surface area contributed by atoms with Crippen molar-refractivity contribution in [2.75, 3.05) is 6.61 Å². The summed E-state index contributed by atoms with van der Waals surface area (Å²) in [5.41, 5.74) is 0. The van der Waals surface area contributed by atoms with E-state index in [-0.39, 0.29) is 18.1 Å². The van der Waals surface area contributed by atoms with E-state index in [9.17, 15) is 14.7 Å². The molecule has 0 aromatic rings. The molecule has 0 aromatic carbocycles. The van der Waals surface area contributed by atoms with E-state index in [2.05, 4.69) is 5.32 Å². The molecular formula is C15H25NO4. The van der Waals surface area contributed by atoms with E-state index in [4.69, 9.17) is 4.74 Å². The summed E-state index contributed by atoms with van der Waals surface area (Å²) in [5.74, 6) is -1.28. The van der Waals surface area contributed by atoms with Gasteiger partial charge in [0.1, 0.15) is 0 Å². The normalized spacial score (nSPS) is 31.3. The maximum Gasteiger partial charge on any atom is 0.308 e. The van der Waals surface area contributed by atoms with Crippen LogP contribution in [0.1, 0.15) is 57.8 Å². The lowest BCUT2D eigenvalue weighted by Gasteiger charge is -2.26. The van der Waals surface area contributed by atoms with Crippen LogP contribution in [0.5, 0.6) is 0 Å². The first-order valence-electron chi connectivity index (χ1n) is 7.80. The third-order valence-corrected chi connectivity index (χ3v) is 4.37. The van der Waals surface area contributed by atoms with Crippen LogP contribution in [0.4, 0.5) is 0 Å². The minimum absolute atomic E-state index is 0.0119. The highest BCUT2D eigenvalue weighted by Gasteiger charge is 2.31. The number of aliphatic carboxylic acids is 1. The molecule has 3 unspecified atom stereocenters. The molecule has 2 rings (SSSR count). The van der Waals surface area contributed by atoms with Crippen molar-refractivity contribution < 1.29 is 19.4 Å². The van der Waals surface area contributed by atoms with Gasteiger partial charge >= 0.3 is 5.97 Å². The lowest BCUT2D eigenvalue weighted by atomic mass is 9.94. The second kappa shape index (κ2) is 7.62. The van der Waals surface area contributed by atoms with Crippen molar-refractivity contribution in [3.05, 3.63) is 0 Å². The molecule has 1 saturated heterocycles.